The van der Waals surface area contributed by atoms with Crippen molar-refractivity contribution in [2.75, 3.05) is 19.7 Å². The molecule has 0 unspecified atom stereocenters. The summed E-state index contributed by atoms with van der Waals surface area (Å²) in [7, 11) is 0. The predicted octanol–water partition coefficient (Wildman–Crippen LogP) is 6.08. The number of rotatable bonds is 7. The van der Waals surface area contributed by atoms with Gasteiger partial charge in [0.2, 0.25) is 0 Å². The minimum atomic E-state index is -0.880. The molecule has 184 valence electrons. The molecule has 1 saturated heterocycles. The van der Waals surface area contributed by atoms with E-state index >= 15 is 0 Å². The zero-order chi connectivity index (χ0) is 24.9. The molecule has 7 heteroatoms. The molecule has 3 rings (SSSR count). The lowest BCUT2D eigenvalue weighted by molar-refractivity contribution is 0.0203. The van der Waals surface area contributed by atoms with Crippen LogP contribution in [0.15, 0.2) is 36.4 Å². The summed E-state index contributed by atoms with van der Waals surface area (Å²) in [6.07, 6.45) is 1.13. The summed E-state index contributed by atoms with van der Waals surface area (Å²) in [6.45, 7) is 13.4. The summed E-state index contributed by atoms with van der Waals surface area (Å²) in [5.74, 6) is 0.497. The summed E-state index contributed by atoms with van der Waals surface area (Å²) in [5, 5.41) is 0. The van der Waals surface area contributed by atoms with Gasteiger partial charge in [-0.2, -0.15) is 0 Å². The Morgan fingerprint density at radius 2 is 1.79 bits per heavy atom. The van der Waals surface area contributed by atoms with Crippen LogP contribution in [0.3, 0.4) is 0 Å². The predicted molar refractivity (Wildman–Crippen MR) is 130 cm³/mol. The number of esters is 1. The zero-order valence-corrected chi connectivity index (χ0v) is 21.0. The third kappa shape index (κ3) is 6.08. The lowest BCUT2D eigenvalue weighted by atomic mass is 9.95. The molecule has 0 spiro atoms. The summed E-state index contributed by atoms with van der Waals surface area (Å²) in [6, 6.07) is 10.6. The van der Waals surface area contributed by atoms with E-state index in [0.29, 0.717) is 23.7 Å². The third-order valence-corrected chi connectivity index (χ3v) is 5.67. The second-order valence-electron chi connectivity index (χ2n) is 9.28. The van der Waals surface area contributed by atoms with Crippen LogP contribution in [0.2, 0.25) is 0 Å². The first kappa shape index (κ1) is 25.6. The van der Waals surface area contributed by atoms with Gasteiger partial charge in [-0.15, -0.1) is 0 Å². The van der Waals surface area contributed by atoms with Crippen LogP contribution in [-0.2, 0) is 4.74 Å². The minimum absolute atomic E-state index is 0.102. The number of carbonyl (C=O) groups excluding carboxylic acids is 2. The minimum Gasteiger partial charge on any atom is -0.493 e. The first-order valence-electron chi connectivity index (χ1n) is 11.9. The molecular formula is C27H35NO6. The molecular weight excluding hydrogens is 434 g/mol. The van der Waals surface area contributed by atoms with Crippen LogP contribution in [0.5, 0.6) is 17.2 Å². The van der Waals surface area contributed by atoms with E-state index in [1.807, 2.05) is 13.0 Å². The second-order valence-corrected chi connectivity index (χ2v) is 9.28. The number of likely N-dealkylation sites (tertiary alicyclic amines) is 1. The number of hydrogen-bond donors (Lipinski definition) is 0. The number of benzene rings is 2. The van der Waals surface area contributed by atoms with Gasteiger partial charge in [-0.1, -0.05) is 25.1 Å². The van der Waals surface area contributed by atoms with E-state index in [-0.39, 0.29) is 17.4 Å². The fourth-order valence-electron chi connectivity index (χ4n) is 4.28. The van der Waals surface area contributed by atoms with E-state index in [4.69, 9.17) is 18.9 Å². The molecule has 34 heavy (non-hydrogen) atoms. The number of para-hydroxylation sites is 1. The maximum atomic E-state index is 13.3. The first-order chi connectivity index (χ1) is 16.1. The fourth-order valence-corrected chi connectivity index (χ4v) is 4.28. The van der Waals surface area contributed by atoms with Gasteiger partial charge in [0.25, 0.3) is 0 Å². The van der Waals surface area contributed by atoms with Crippen molar-refractivity contribution in [1.82, 2.24) is 4.90 Å². The van der Waals surface area contributed by atoms with E-state index in [9.17, 15) is 9.59 Å². The van der Waals surface area contributed by atoms with Gasteiger partial charge in [0, 0.05) is 17.2 Å². The summed E-state index contributed by atoms with van der Waals surface area (Å²) >= 11 is 0. The van der Waals surface area contributed by atoms with Crippen LogP contribution >= 0.6 is 0 Å². The standard InChI is InChI=1S/C27H35NO6/c1-7-28-16-12-15-21(28)20-17-22(33-26(30)34-27(4,5)6)23(18(3)24(20)31-8-2)25(29)32-19-13-10-9-11-14-19/h9-11,13-14,17,21H,7-8,12,15-16H2,1-6H3/t21-/m0/s1. The maximum absolute atomic E-state index is 13.3. The first-order valence-corrected chi connectivity index (χ1v) is 11.9. The molecule has 0 bridgehead atoms. The van der Waals surface area contributed by atoms with Crippen molar-refractivity contribution in [3.63, 3.8) is 0 Å². The number of carbonyl (C=O) groups is 2. The van der Waals surface area contributed by atoms with Crippen LogP contribution in [0.25, 0.3) is 0 Å². The summed E-state index contributed by atoms with van der Waals surface area (Å²) in [5.41, 5.74) is 0.869. The van der Waals surface area contributed by atoms with Crippen molar-refractivity contribution in [2.45, 2.75) is 66.0 Å². The van der Waals surface area contributed by atoms with Gasteiger partial charge in [-0.05, 0) is 78.7 Å². The van der Waals surface area contributed by atoms with Crippen LogP contribution in [0, 0.1) is 6.92 Å². The van der Waals surface area contributed by atoms with Crippen molar-refractivity contribution in [1.29, 1.82) is 0 Å². The van der Waals surface area contributed by atoms with Crippen molar-refractivity contribution in [3.05, 3.63) is 53.1 Å². The Bertz CT molecular complexity index is 1010. The van der Waals surface area contributed by atoms with Crippen LogP contribution in [-0.4, -0.2) is 42.3 Å². The number of nitrogens with zero attached hydrogens (tertiary/aromatic N) is 1. The summed E-state index contributed by atoms with van der Waals surface area (Å²) < 4.78 is 22.6. The normalized spacial score (nSPS) is 16.2. The van der Waals surface area contributed by atoms with Crippen molar-refractivity contribution in [3.8, 4) is 17.2 Å². The maximum Gasteiger partial charge on any atom is 0.514 e. The highest BCUT2D eigenvalue weighted by atomic mass is 16.7. The van der Waals surface area contributed by atoms with Gasteiger partial charge in [-0.3, -0.25) is 4.90 Å². The molecule has 2 aromatic carbocycles. The van der Waals surface area contributed by atoms with Gasteiger partial charge in [0.15, 0.2) is 0 Å². The van der Waals surface area contributed by atoms with E-state index < -0.39 is 17.7 Å². The van der Waals surface area contributed by atoms with E-state index in [1.54, 1.807) is 58.0 Å². The number of hydrogen-bond acceptors (Lipinski definition) is 7. The van der Waals surface area contributed by atoms with Crippen LogP contribution in [0.1, 0.15) is 75.0 Å². The quantitative estimate of drug-likeness (QED) is 0.276. The zero-order valence-electron chi connectivity index (χ0n) is 21.0. The highest BCUT2D eigenvalue weighted by Gasteiger charge is 2.33. The molecule has 0 aromatic heterocycles. The van der Waals surface area contributed by atoms with Crippen LogP contribution < -0.4 is 14.2 Å². The largest absolute Gasteiger partial charge is 0.514 e. The Morgan fingerprint density at radius 1 is 1.09 bits per heavy atom. The van der Waals surface area contributed by atoms with Gasteiger partial charge in [0.05, 0.1) is 6.61 Å². The molecule has 0 radical (unpaired) electrons. The average Bonchev–Trinajstić information content (AvgIpc) is 3.23. The topological polar surface area (TPSA) is 74.3 Å². The molecule has 1 heterocycles. The lowest BCUT2D eigenvalue weighted by Crippen LogP contribution is -2.27. The average molecular weight is 470 g/mol. The molecule has 0 saturated carbocycles. The Morgan fingerprint density at radius 3 is 2.41 bits per heavy atom. The van der Waals surface area contributed by atoms with Gasteiger partial charge >= 0.3 is 12.1 Å². The van der Waals surface area contributed by atoms with E-state index in [0.717, 1.165) is 31.5 Å². The molecule has 7 nitrogen and oxygen atoms in total. The van der Waals surface area contributed by atoms with Crippen molar-refractivity contribution >= 4 is 12.1 Å². The third-order valence-electron chi connectivity index (χ3n) is 5.67. The Kier molecular flexibility index (Phi) is 8.20. The van der Waals surface area contributed by atoms with Gasteiger partial charge in [0.1, 0.15) is 28.4 Å². The molecule has 0 N–H and O–H groups in total. The van der Waals surface area contributed by atoms with Crippen LogP contribution in [0.4, 0.5) is 4.79 Å². The molecule has 0 aliphatic carbocycles. The molecule has 2 aromatic rings. The van der Waals surface area contributed by atoms with Gasteiger partial charge < -0.3 is 18.9 Å². The van der Waals surface area contributed by atoms with Gasteiger partial charge in [-0.25, -0.2) is 9.59 Å². The highest BCUT2D eigenvalue weighted by molar-refractivity contribution is 5.97. The van der Waals surface area contributed by atoms with E-state index in [1.165, 1.54) is 0 Å². The molecule has 1 atom stereocenters. The second kappa shape index (κ2) is 10.9. The lowest BCUT2D eigenvalue weighted by Gasteiger charge is -2.27. The van der Waals surface area contributed by atoms with E-state index in [2.05, 4.69) is 11.8 Å². The SMILES string of the molecule is CCOc1c([C@@H]2CCCN2CC)cc(OC(=O)OC(C)(C)C)c(C(=O)Oc2ccccc2)c1C. The molecule has 1 aliphatic rings. The Labute approximate surface area is 201 Å². The van der Waals surface area contributed by atoms with Crippen molar-refractivity contribution < 1.29 is 28.5 Å². The Balaban J connectivity index is 2.11. The van der Waals surface area contributed by atoms with Crippen molar-refractivity contribution in [2.24, 2.45) is 0 Å². The monoisotopic (exact) mass is 469 g/mol. The number of ether oxygens (including phenoxy) is 4. The fraction of sp³-hybridized carbons (Fsp3) is 0.481. The smallest absolute Gasteiger partial charge is 0.493 e. The summed E-state index contributed by atoms with van der Waals surface area (Å²) in [4.78, 5) is 28.3. The Hall–Kier alpha value is -3.06. The molecule has 1 fully saturated rings. The molecule has 1 aliphatic heterocycles. The highest BCUT2D eigenvalue weighted by Crippen LogP contribution is 2.43. The molecule has 0 amide bonds.